The summed E-state index contributed by atoms with van der Waals surface area (Å²) in [5, 5.41) is 13.2. The summed E-state index contributed by atoms with van der Waals surface area (Å²) in [6.07, 6.45) is 2.75. The second-order valence-corrected chi connectivity index (χ2v) is 6.15. The molecule has 1 aliphatic rings. The van der Waals surface area contributed by atoms with Gasteiger partial charge in [-0.2, -0.15) is 0 Å². The van der Waals surface area contributed by atoms with Crippen LogP contribution in [-0.4, -0.2) is 55.4 Å². The van der Waals surface area contributed by atoms with Crippen molar-refractivity contribution in [2.45, 2.75) is 32.3 Å². The van der Waals surface area contributed by atoms with Crippen molar-refractivity contribution < 1.29 is 14.2 Å². The van der Waals surface area contributed by atoms with Crippen LogP contribution in [0.15, 0.2) is 29.3 Å². The summed E-state index contributed by atoms with van der Waals surface area (Å²) in [6, 6.07) is 6.40. The molecule has 2 atom stereocenters. The maximum atomic E-state index is 13.5. The Kier molecular flexibility index (Phi) is 7.31. The zero-order chi connectivity index (χ0) is 17.4. The number of halogens is 1. The summed E-state index contributed by atoms with van der Waals surface area (Å²) in [7, 11) is 1.93. The van der Waals surface area contributed by atoms with Crippen LogP contribution in [0.25, 0.3) is 0 Å². The van der Waals surface area contributed by atoms with E-state index in [1.807, 2.05) is 18.9 Å². The summed E-state index contributed by atoms with van der Waals surface area (Å²) < 4.78 is 19.0. The van der Waals surface area contributed by atoms with Crippen LogP contribution < -0.4 is 10.1 Å². The highest BCUT2D eigenvalue weighted by Crippen LogP contribution is 2.25. The third-order valence-corrected chi connectivity index (χ3v) is 4.31. The van der Waals surface area contributed by atoms with E-state index in [0.717, 1.165) is 31.8 Å². The van der Waals surface area contributed by atoms with Crippen molar-refractivity contribution in [3.8, 4) is 5.75 Å². The zero-order valence-electron chi connectivity index (χ0n) is 14.5. The molecule has 1 aromatic carbocycles. The van der Waals surface area contributed by atoms with Gasteiger partial charge in [0.25, 0.3) is 0 Å². The lowest BCUT2D eigenvalue weighted by atomic mass is 10.1. The second-order valence-electron chi connectivity index (χ2n) is 6.15. The number of nitrogens with one attached hydrogen (secondary N) is 1. The van der Waals surface area contributed by atoms with E-state index in [1.165, 1.54) is 6.07 Å². The fraction of sp³-hybridized carbons (Fsp3) is 0.611. The van der Waals surface area contributed by atoms with Gasteiger partial charge in [-0.15, -0.1) is 0 Å². The number of guanidine groups is 1. The van der Waals surface area contributed by atoms with E-state index in [-0.39, 0.29) is 23.6 Å². The maximum Gasteiger partial charge on any atom is 0.193 e. The molecule has 0 heterocycles. The van der Waals surface area contributed by atoms with Crippen molar-refractivity contribution in [1.82, 2.24) is 10.2 Å². The maximum absolute atomic E-state index is 13.5. The smallest absolute Gasteiger partial charge is 0.193 e. The van der Waals surface area contributed by atoms with E-state index in [1.54, 1.807) is 18.2 Å². The number of ether oxygens (including phenoxy) is 1. The van der Waals surface area contributed by atoms with Gasteiger partial charge in [-0.1, -0.05) is 18.6 Å². The number of rotatable bonds is 7. The van der Waals surface area contributed by atoms with Crippen molar-refractivity contribution in [3.05, 3.63) is 30.1 Å². The van der Waals surface area contributed by atoms with Gasteiger partial charge in [-0.05, 0) is 31.9 Å². The van der Waals surface area contributed by atoms with Gasteiger partial charge in [0.2, 0.25) is 0 Å². The van der Waals surface area contributed by atoms with Gasteiger partial charge in [0, 0.05) is 26.1 Å². The third-order valence-electron chi connectivity index (χ3n) is 4.31. The minimum Gasteiger partial charge on any atom is -0.489 e. The third kappa shape index (κ3) is 5.37. The average molecular weight is 337 g/mol. The summed E-state index contributed by atoms with van der Waals surface area (Å²) >= 11 is 0. The second kappa shape index (κ2) is 9.47. The number of hydrogen-bond acceptors (Lipinski definition) is 3. The molecule has 1 fully saturated rings. The Morgan fingerprint density at radius 1 is 1.42 bits per heavy atom. The molecule has 0 radical (unpaired) electrons. The number of hydrogen-bond donors (Lipinski definition) is 2. The monoisotopic (exact) mass is 337 g/mol. The van der Waals surface area contributed by atoms with Crippen molar-refractivity contribution in [1.29, 1.82) is 0 Å². The molecule has 6 heteroatoms. The van der Waals surface area contributed by atoms with Crippen LogP contribution in [0.5, 0.6) is 5.75 Å². The molecule has 0 aromatic heterocycles. The van der Waals surface area contributed by atoms with E-state index < -0.39 is 0 Å². The van der Waals surface area contributed by atoms with Crippen LogP contribution >= 0.6 is 0 Å². The Balaban J connectivity index is 1.84. The molecule has 134 valence electrons. The molecular weight excluding hydrogens is 309 g/mol. The lowest BCUT2D eigenvalue weighted by Crippen LogP contribution is -2.41. The SMILES string of the molecule is CCNC(=NCC1CCCC1O)N(C)CCOc1ccccc1F. The molecule has 2 rings (SSSR count). The lowest BCUT2D eigenvalue weighted by molar-refractivity contribution is 0.136. The van der Waals surface area contributed by atoms with Crippen LogP contribution in [0.4, 0.5) is 4.39 Å². The summed E-state index contributed by atoms with van der Waals surface area (Å²) in [4.78, 5) is 6.59. The predicted octanol–water partition coefficient (Wildman–Crippen LogP) is 2.26. The van der Waals surface area contributed by atoms with Crippen LogP contribution in [0.1, 0.15) is 26.2 Å². The fourth-order valence-corrected chi connectivity index (χ4v) is 2.86. The first-order valence-electron chi connectivity index (χ1n) is 8.66. The van der Waals surface area contributed by atoms with Crippen LogP contribution in [0.3, 0.4) is 0 Å². The zero-order valence-corrected chi connectivity index (χ0v) is 14.5. The van der Waals surface area contributed by atoms with Gasteiger partial charge in [0.1, 0.15) is 6.61 Å². The van der Waals surface area contributed by atoms with Gasteiger partial charge in [0.15, 0.2) is 17.5 Å². The van der Waals surface area contributed by atoms with E-state index in [2.05, 4.69) is 10.3 Å². The minimum absolute atomic E-state index is 0.230. The number of benzene rings is 1. The Labute approximate surface area is 143 Å². The molecule has 24 heavy (non-hydrogen) atoms. The van der Waals surface area contributed by atoms with E-state index >= 15 is 0 Å². The molecule has 0 saturated heterocycles. The van der Waals surface area contributed by atoms with Crippen LogP contribution in [0.2, 0.25) is 0 Å². The quantitative estimate of drug-likeness (QED) is 0.592. The van der Waals surface area contributed by atoms with Crippen LogP contribution in [0, 0.1) is 11.7 Å². The normalized spacial score (nSPS) is 20.9. The highest BCUT2D eigenvalue weighted by molar-refractivity contribution is 5.79. The van der Waals surface area contributed by atoms with Gasteiger partial charge >= 0.3 is 0 Å². The highest BCUT2D eigenvalue weighted by atomic mass is 19.1. The standard InChI is InChI=1S/C18H28FN3O2/c1-3-20-18(21-13-14-7-6-9-16(14)23)22(2)11-12-24-17-10-5-4-8-15(17)19/h4-5,8,10,14,16,23H,3,6-7,9,11-13H2,1-2H3,(H,20,21). The molecule has 2 unspecified atom stereocenters. The Bertz CT molecular complexity index is 539. The summed E-state index contributed by atoms with van der Waals surface area (Å²) in [5.74, 6) is 0.952. The molecular formula is C18H28FN3O2. The van der Waals surface area contributed by atoms with Crippen molar-refractivity contribution in [2.75, 3.05) is 33.3 Å². The summed E-state index contributed by atoms with van der Waals surface area (Å²) in [5.41, 5.74) is 0. The van der Waals surface area contributed by atoms with E-state index in [9.17, 15) is 9.50 Å². The number of nitrogens with zero attached hydrogens (tertiary/aromatic N) is 2. The lowest BCUT2D eigenvalue weighted by Gasteiger charge is -2.23. The highest BCUT2D eigenvalue weighted by Gasteiger charge is 2.25. The van der Waals surface area contributed by atoms with Gasteiger partial charge in [0.05, 0.1) is 12.6 Å². The van der Waals surface area contributed by atoms with Crippen molar-refractivity contribution in [3.63, 3.8) is 0 Å². The molecule has 5 nitrogen and oxygen atoms in total. The molecule has 2 N–H and O–H groups in total. The van der Waals surface area contributed by atoms with Crippen LogP contribution in [-0.2, 0) is 0 Å². The molecule has 1 aromatic rings. The Morgan fingerprint density at radius 3 is 2.88 bits per heavy atom. The first kappa shape index (κ1) is 18.5. The number of para-hydroxylation sites is 1. The first-order chi connectivity index (χ1) is 11.6. The van der Waals surface area contributed by atoms with Gasteiger partial charge in [-0.25, -0.2) is 4.39 Å². The molecule has 1 aliphatic carbocycles. The minimum atomic E-state index is -0.351. The Morgan fingerprint density at radius 2 is 2.21 bits per heavy atom. The molecule has 0 aliphatic heterocycles. The molecule has 1 saturated carbocycles. The number of aliphatic hydroxyl groups excluding tert-OH is 1. The predicted molar refractivity (Wildman–Crippen MR) is 93.9 cm³/mol. The Hall–Kier alpha value is -1.82. The van der Waals surface area contributed by atoms with E-state index in [4.69, 9.17) is 4.74 Å². The average Bonchev–Trinajstić information content (AvgIpc) is 2.98. The molecule has 0 bridgehead atoms. The fourth-order valence-electron chi connectivity index (χ4n) is 2.86. The first-order valence-corrected chi connectivity index (χ1v) is 8.66. The number of likely N-dealkylation sites (N-methyl/N-ethyl adjacent to an activating group) is 1. The van der Waals surface area contributed by atoms with E-state index in [0.29, 0.717) is 19.7 Å². The largest absolute Gasteiger partial charge is 0.489 e. The van der Waals surface area contributed by atoms with Crippen molar-refractivity contribution >= 4 is 5.96 Å². The topological polar surface area (TPSA) is 57.1 Å². The molecule has 0 spiro atoms. The molecule has 0 amide bonds. The van der Waals surface area contributed by atoms with Gasteiger partial charge < -0.3 is 20.1 Å². The van der Waals surface area contributed by atoms with Crippen molar-refractivity contribution in [2.24, 2.45) is 10.9 Å². The number of aliphatic imine (C=N–C) groups is 1. The van der Waals surface area contributed by atoms with Gasteiger partial charge in [-0.3, -0.25) is 4.99 Å². The summed E-state index contributed by atoms with van der Waals surface area (Å²) in [6.45, 7) is 4.37. The number of aliphatic hydroxyl groups is 1.